The van der Waals surface area contributed by atoms with Crippen LogP contribution in [0.5, 0.6) is 11.5 Å². The molecule has 4 nitrogen and oxygen atoms in total. The molecule has 1 heterocycles. The Morgan fingerprint density at radius 2 is 1.90 bits per heavy atom. The van der Waals surface area contributed by atoms with Crippen molar-refractivity contribution in [2.75, 3.05) is 13.1 Å². The molecule has 2 rings (SSSR count). The van der Waals surface area contributed by atoms with Crippen LogP contribution in [0.4, 0.5) is 0 Å². The van der Waals surface area contributed by atoms with Crippen LogP contribution in [0.1, 0.15) is 45.2 Å². The Morgan fingerprint density at radius 1 is 1.25 bits per heavy atom. The molecule has 0 aliphatic carbocycles. The molecule has 1 aliphatic heterocycles. The van der Waals surface area contributed by atoms with Crippen LogP contribution in [0, 0.1) is 0 Å². The number of hydrogen-bond donors (Lipinski definition) is 3. The fourth-order valence-corrected chi connectivity index (χ4v) is 3.12. The summed E-state index contributed by atoms with van der Waals surface area (Å²) in [6.07, 6.45) is 2.43. The summed E-state index contributed by atoms with van der Waals surface area (Å²) < 4.78 is 0. The van der Waals surface area contributed by atoms with Crippen LogP contribution in [-0.2, 0) is 0 Å². The van der Waals surface area contributed by atoms with Crippen molar-refractivity contribution < 1.29 is 10.2 Å². The zero-order valence-electron chi connectivity index (χ0n) is 12.6. The molecule has 1 saturated heterocycles. The fraction of sp³-hybridized carbons (Fsp3) is 0.625. The highest BCUT2D eigenvalue weighted by Crippen LogP contribution is 2.36. The molecule has 2 unspecified atom stereocenters. The predicted molar refractivity (Wildman–Crippen MR) is 81.1 cm³/mol. The van der Waals surface area contributed by atoms with E-state index in [0.717, 1.165) is 13.1 Å². The Bertz CT molecular complexity index is 422. The molecule has 0 spiro atoms. The van der Waals surface area contributed by atoms with E-state index in [4.69, 9.17) is 0 Å². The lowest BCUT2D eigenvalue weighted by Gasteiger charge is -2.35. The van der Waals surface area contributed by atoms with E-state index in [0.29, 0.717) is 17.6 Å². The van der Waals surface area contributed by atoms with Crippen molar-refractivity contribution in [1.29, 1.82) is 0 Å². The van der Waals surface area contributed by atoms with Crippen molar-refractivity contribution in [3.8, 4) is 11.5 Å². The third kappa shape index (κ3) is 3.25. The maximum atomic E-state index is 10.1. The van der Waals surface area contributed by atoms with E-state index in [1.807, 2.05) is 6.92 Å². The first kappa shape index (κ1) is 15.1. The van der Waals surface area contributed by atoms with E-state index in [2.05, 4.69) is 24.1 Å². The maximum Gasteiger partial charge on any atom is 0.124 e. The molecule has 0 radical (unpaired) electrons. The molecule has 0 aromatic heterocycles. The minimum atomic E-state index is -0.0152. The molecule has 0 saturated carbocycles. The summed E-state index contributed by atoms with van der Waals surface area (Å²) in [6, 6.07) is 5.78. The molecule has 1 aromatic carbocycles. The third-order valence-electron chi connectivity index (χ3n) is 4.23. The second-order valence-corrected chi connectivity index (χ2v) is 5.97. The number of aromatic hydroxyl groups is 2. The van der Waals surface area contributed by atoms with Gasteiger partial charge in [0.15, 0.2) is 0 Å². The molecular weight excluding hydrogens is 252 g/mol. The Morgan fingerprint density at radius 3 is 2.40 bits per heavy atom. The predicted octanol–water partition coefficient (Wildman–Crippen LogP) is 2.62. The van der Waals surface area contributed by atoms with Crippen LogP contribution in [0.2, 0.25) is 0 Å². The molecule has 0 amide bonds. The topological polar surface area (TPSA) is 55.7 Å². The van der Waals surface area contributed by atoms with Gasteiger partial charge in [-0.3, -0.25) is 4.90 Å². The van der Waals surface area contributed by atoms with E-state index in [1.165, 1.54) is 12.8 Å². The lowest BCUT2D eigenvalue weighted by atomic mass is 10.0. The second kappa shape index (κ2) is 6.46. The van der Waals surface area contributed by atoms with E-state index in [1.54, 1.807) is 18.2 Å². The summed E-state index contributed by atoms with van der Waals surface area (Å²) in [6.45, 7) is 8.38. The molecule has 4 heteroatoms. The van der Waals surface area contributed by atoms with Crippen molar-refractivity contribution in [2.24, 2.45) is 0 Å². The summed E-state index contributed by atoms with van der Waals surface area (Å²) >= 11 is 0. The summed E-state index contributed by atoms with van der Waals surface area (Å²) in [4.78, 5) is 2.33. The Hall–Kier alpha value is -1.26. The Balaban J connectivity index is 2.19. The summed E-state index contributed by atoms with van der Waals surface area (Å²) in [5.74, 6) is 0.338. The van der Waals surface area contributed by atoms with Gasteiger partial charge in [-0.2, -0.15) is 0 Å². The largest absolute Gasteiger partial charge is 0.507 e. The van der Waals surface area contributed by atoms with E-state index >= 15 is 0 Å². The van der Waals surface area contributed by atoms with Crippen LogP contribution in [0.25, 0.3) is 0 Å². The maximum absolute atomic E-state index is 10.1. The first-order chi connectivity index (χ1) is 9.50. The average molecular weight is 278 g/mol. The van der Waals surface area contributed by atoms with Gasteiger partial charge in [0.25, 0.3) is 0 Å². The van der Waals surface area contributed by atoms with Gasteiger partial charge in [-0.1, -0.05) is 6.07 Å². The molecule has 112 valence electrons. The molecule has 1 aliphatic rings. The minimum absolute atomic E-state index is 0.0152. The van der Waals surface area contributed by atoms with Gasteiger partial charge in [0, 0.05) is 24.7 Å². The quantitative estimate of drug-likeness (QED) is 0.775. The first-order valence-electron chi connectivity index (χ1n) is 7.50. The highest BCUT2D eigenvalue weighted by atomic mass is 16.3. The van der Waals surface area contributed by atoms with Crippen molar-refractivity contribution in [1.82, 2.24) is 10.2 Å². The normalized spacial score (nSPS) is 20.8. The summed E-state index contributed by atoms with van der Waals surface area (Å²) in [7, 11) is 0. The van der Waals surface area contributed by atoms with E-state index in [9.17, 15) is 10.2 Å². The molecule has 3 N–H and O–H groups in total. The van der Waals surface area contributed by atoms with Crippen molar-refractivity contribution >= 4 is 0 Å². The highest BCUT2D eigenvalue weighted by molar-refractivity contribution is 5.45. The van der Waals surface area contributed by atoms with Gasteiger partial charge in [-0.25, -0.2) is 0 Å². The van der Waals surface area contributed by atoms with Crippen LogP contribution in [0.3, 0.4) is 0 Å². The van der Waals surface area contributed by atoms with Gasteiger partial charge in [-0.05, 0) is 52.3 Å². The van der Waals surface area contributed by atoms with Gasteiger partial charge in [0.1, 0.15) is 11.5 Å². The molecule has 0 bridgehead atoms. The number of benzene rings is 1. The zero-order valence-corrected chi connectivity index (χ0v) is 12.6. The van der Waals surface area contributed by atoms with Crippen molar-refractivity contribution in [2.45, 2.75) is 51.7 Å². The number of hydrogen-bond acceptors (Lipinski definition) is 4. The first-order valence-corrected chi connectivity index (χ1v) is 7.50. The molecule has 1 fully saturated rings. The average Bonchev–Trinajstić information content (AvgIpc) is 2.88. The molecule has 20 heavy (non-hydrogen) atoms. The van der Waals surface area contributed by atoms with Gasteiger partial charge in [0.2, 0.25) is 0 Å². The fourth-order valence-electron chi connectivity index (χ4n) is 3.12. The Labute approximate surface area is 121 Å². The molecular formula is C16H26N2O2. The van der Waals surface area contributed by atoms with Gasteiger partial charge in [-0.15, -0.1) is 0 Å². The zero-order chi connectivity index (χ0) is 14.7. The highest BCUT2D eigenvalue weighted by Gasteiger charge is 2.27. The SMILES string of the molecule is CC(C)N(CC1CCCN1)C(C)c1c(O)cccc1O. The van der Waals surface area contributed by atoms with E-state index in [-0.39, 0.29) is 17.5 Å². The smallest absolute Gasteiger partial charge is 0.124 e. The molecule has 1 aromatic rings. The van der Waals surface area contributed by atoms with Crippen molar-refractivity contribution in [3.63, 3.8) is 0 Å². The number of nitrogens with one attached hydrogen (secondary N) is 1. The minimum Gasteiger partial charge on any atom is -0.507 e. The van der Waals surface area contributed by atoms with Gasteiger partial charge < -0.3 is 15.5 Å². The van der Waals surface area contributed by atoms with Gasteiger partial charge >= 0.3 is 0 Å². The monoisotopic (exact) mass is 278 g/mol. The van der Waals surface area contributed by atoms with Crippen LogP contribution < -0.4 is 5.32 Å². The standard InChI is InChI=1S/C16H26N2O2/c1-11(2)18(10-13-6-5-9-17-13)12(3)16-14(19)7-4-8-15(16)20/h4,7-8,11-13,17,19-20H,5-6,9-10H2,1-3H3. The lowest BCUT2D eigenvalue weighted by Crippen LogP contribution is -2.42. The van der Waals surface area contributed by atoms with Crippen LogP contribution in [0.15, 0.2) is 18.2 Å². The lowest BCUT2D eigenvalue weighted by molar-refractivity contribution is 0.145. The number of nitrogens with zero attached hydrogens (tertiary/aromatic N) is 1. The summed E-state index contributed by atoms with van der Waals surface area (Å²) in [5.41, 5.74) is 0.624. The van der Waals surface area contributed by atoms with E-state index < -0.39 is 0 Å². The Kier molecular flexibility index (Phi) is 4.89. The van der Waals surface area contributed by atoms with Crippen LogP contribution >= 0.6 is 0 Å². The van der Waals surface area contributed by atoms with Crippen LogP contribution in [-0.4, -0.2) is 40.3 Å². The number of phenolic OH excluding ortho intramolecular Hbond substituents is 2. The molecule has 2 atom stereocenters. The van der Waals surface area contributed by atoms with Gasteiger partial charge in [0.05, 0.1) is 5.56 Å². The second-order valence-electron chi connectivity index (χ2n) is 5.97. The third-order valence-corrected chi connectivity index (χ3v) is 4.23. The van der Waals surface area contributed by atoms with Crippen molar-refractivity contribution in [3.05, 3.63) is 23.8 Å². The summed E-state index contributed by atoms with van der Waals surface area (Å²) in [5, 5.41) is 23.6. The number of rotatable bonds is 5. The number of phenols is 2.